The van der Waals surface area contributed by atoms with Crippen molar-refractivity contribution in [3.63, 3.8) is 0 Å². The molecular formula is C15H16N2O5. The third-order valence-corrected chi connectivity index (χ3v) is 3.13. The molecule has 0 atom stereocenters. The number of carbonyl (C=O) groups excluding carboxylic acids is 1. The molecule has 0 fully saturated rings. The van der Waals surface area contributed by atoms with E-state index in [-0.39, 0.29) is 5.76 Å². The smallest absolute Gasteiger partial charge is 0.421 e. The molecule has 2 rings (SSSR count). The van der Waals surface area contributed by atoms with Crippen LogP contribution in [0.1, 0.15) is 24.4 Å². The highest BCUT2D eigenvalue weighted by atomic mass is 16.7. The number of ether oxygens (including phenoxy) is 1. The summed E-state index contributed by atoms with van der Waals surface area (Å²) in [6.07, 6.45) is 0. The van der Waals surface area contributed by atoms with E-state index in [0.29, 0.717) is 5.75 Å². The molecule has 0 bridgehead atoms. The molecule has 22 heavy (non-hydrogen) atoms. The molecule has 0 radical (unpaired) electrons. The lowest BCUT2D eigenvalue weighted by Gasteiger charge is -2.21. The van der Waals surface area contributed by atoms with Gasteiger partial charge in [-0.1, -0.05) is 6.07 Å². The monoisotopic (exact) mass is 304 g/mol. The third-order valence-electron chi connectivity index (χ3n) is 3.13. The summed E-state index contributed by atoms with van der Waals surface area (Å²) in [7, 11) is 0. The van der Waals surface area contributed by atoms with E-state index in [9.17, 15) is 14.9 Å². The van der Waals surface area contributed by atoms with Crippen LogP contribution in [0.5, 0.6) is 5.75 Å². The molecule has 2 aromatic rings. The third kappa shape index (κ3) is 3.43. The SMILES string of the molecule is CCN(CC)c1cccc(OC(=O)c2ccc([N+](=O)[O-])o2)c1. The van der Waals surface area contributed by atoms with Gasteiger partial charge in [-0.15, -0.1) is 0 Å². The molecular weight excluding hydrogens is 288 g/mol. The largest absolute Gasteiger partial charge is 0.433 e. The molecule has 116 valence electrons. The van der Waals surface area contributed by atoms with E-state index in [2.05, 4.69) is 4.90 Å². The summed E-state index contributed by atoms with van der Waals surface area (Å²) in [4.78, 5) is 23.8. The van der Waals surface area contributed by atoms with Crippen LogP contribution in [0.2, 0.25) is 0 Å². The van der Waals surface area contributed by atoms with E-state index in [1.54, 1.807) is 18.2 Å². The second-order valence-electron chi connectivity index (χ2n) is 4.45. The van der Waals surface area contributed by atoms with Crippen LogP contribution in [0, 0.1) is 10.1 Å². The average Bonchev–Trinajstić information content (AvgIpc) is 2.99. The standard InChI is InChI=1S/C15H16N2O5/c1-3-16(4-2)11-6-5-7-12(10-11)21-15(18)13-8-9-14(22-13)17(19)20/h5-10H,3-4H2,1-2H3. The summed E-state index contributed by atoms with van der Waals surface area (Å²) in [6, 6.07) is 9.41. The highest BCUT2D eigenvalue weighted by Gasteiger charge is 2.19. The molecule has 0 saturated heterocycles. The number of nitrogens with zero attached hydrogens (tertiary/aromatic N) is 2. The van der Waals surface area contributed by atoms with Crippen LogP contribution >= 0.6 is 0 Å². The van der Waals surface area contributed by atoms with Crippen molar-refractivity contribution < 1.29 is 18.9 Å². The van der Waals surface area contributed by atoms with Crippen molar-refractivity contribution in [1.29, 1.82) is 0 Å². The molecule has 0 saturated carbocycles. The van der Waals surface area contributed by atoms with Gasteiger partial charge in [-0.3, -0.25) is 10.1 Å². The number of nitro groups is 1. The van der Waals surface area contributed by atoms with Crippen LogP contribution in [-0.4, -0.2) is 24.0 Å². The van der Waals surface area contributed by atoms with E-state index in [0.717, 1.165) is 24.8 Å². The van der Waals surface area contributed by atoms with E-state index in [1.165, 1.54) is 6.07 Å². The van der Waals surface area contributed by atoms with Gasteiger partial charge in [0, 0.05) is 24.8 Å². The Balaban J connectivity index is 2.14. The predicted octanol–water partition coefficient (Wildman–Crippen LogP) is 3.25. The fourth-order valence-corrected chi connectivity index (χ4v) is 2.03. The van der Waals surface area contributed by atoms with Crippen molar-refractivity contribution in [2.75, 3.05) is 18.0 Å². The van der Waals surface area contributed by atoms with Gasteiger partial charge in [0.15, 0.2) is 0 Å². The number of anilines is 1. The Morgan fingerprint density at radius 2 is 2.00 bits per heavy atom. The summed E-state index contributed by atoms with van der Waals surface area (Å²) in [6.45, 7) is 5.73. The van der Waals surface area contributed by atoms with Crippen LogP contribution in [0.25, 0.3) is 0 Å². The van der Waals surface area contributed by atoms with Gasteiger partial charge in [0.25, 0.3) is 0 Å². The zero-order chi connectivity index (χ0) is 16.1. The van der Waals surface area contributed by atoms with E-state index >= 15 is 0 Å². The molecule has 7 nitrogen and oxygen atoms in total. The van der Waals surface area contributed by atoms with Gasteiger partial charge in [-0.25, -0.2) is 4.79 Å². The molecule has 0 N–H and O–H groups in total. The maximum Gasteiger partial charge on any atom is 0.433 e. The second-order valence-corrected chi connectivity index (χ2v) is 4.45. The number of benzene rings is 1. The first kappa shape index (κ1) is 15.6. The summed E-state index contributed by atoms with van der Waals surface area (Å²) in [5.41, 5.74) is 0.931. The number of hydrogen-bond donors (Lipinski definition) is 0. The van der Waals surface area contributed by atoms with Crippen molar-refractivity contribution in [3.8, 4) is 5.75 Å². The first-order valence-corrected chi connectivity index (χ1v) is 6.86. The zero-order valence-electron chi connectivity index (χ0n) is 12.3. The van der Waals surface area contributed by atoms with E-state index in [4.69, 9.17) is 9.15 Å². The van der Waals surface area contributed by atoms with Crippen molar-refractivity contribution in [3.05, 3.63) is 52.3 Å². The molecule has 1 aromatic carbocycles. The number of rotatable bonds is 6. The van der Waals surface area contributed by atoms with Crippen molar-refractivity contribution in [1.82, 2.24) is 0 Å². The predicted molar refractivity (Wildman–Crippen MR) is 80.3 cm³/mol. The quantitative estimate of drug-likeness (QED) is 0.352. The Hall–Kier alpha value is -2.83. The topological polar surface area (TPSA) is 85.8 Å². The lowest BCUT2D eigenvalue weighted by atomic mass is 10.2. The van der Waals surface area contributed by atoms with Crippen molar-refractivity contribution in [2.45, 2.75) is 13.8 Å². The van der Waals surface area contributed by atoms with Crippen LogP contribution in [0.15, 0.2) is 40.8 Å². The highest BCUT2D eigenvalue weighted by Crippen LogP contribution is 2.23. The number of esters is 1. The Bertz CT molecular complexity index is 676. The van der Waals surface area contributed by atoms with E-state index in [1.807, 2.05) is 19.9 Å². The van der Waals surface area contributed by atoms with Crippen molar-refractivity contribution >= 4 is 17.5 Å². The fraction of sp³-hybridized carbons (Fsp3) is 0.267. The van der Waals surface area contributed by atoms with Crippen LogP contribution in [0.3, 0.4) is 0 Å². The van der Waals surface area contributed by atoms with Gasteiger partial charge in [-0.2, -0.15) is 0 Å². The van der Waals surface area contributed by atoms with Gasteiger partial charge in [-0.05, 0) is 32.0 Å². The van der Waals surface area contributed by atoms with Gasteiger partial charge in [0.05, 0.1) is 6.07 Å². The Labute approximate surface area is 127 Å². The second kappa shape index (κ2) is 6.75. The average molecular weight is 304 g/mol. The lowest BCUT2D eigenvalue weighted by molar-refractivity contribution is -0.402. The summed E-state index contributed by atoms with van der Waals surface area (Å²) < 4.78 is 10.0. The molecule has 0 aliphatic heterocycles. The van der Waals surface area contributed by atoms with Gasteiger partial charge in [0.1, 0.15) is 10.7 Å². The minimum absolute atomic E-state index is 0.208. The van der Waals surface area contributed by atoms with Gasteiger partial charge < -0.3 is 14.1 Å². The van der Waals surface area contributed by atoms with E-state index < -0.39 is 16.8 Å². The van der Waals surface area contributed by atoms with Crippen molar-refractivity contribution in [2.24, 2.45) is 0 Å². The lowest BCUT2D eigenvalue weighted by Crippen LogP contribution is -2.21. The number of furan rings is 1. The molecule has 0 unspecified atom stereocenters. The fourth-order valence-electron chi connectivity index (χ4n) is 2.03. The number of carbonyl (C=O) groups is 1. The van der Waals surface area contributed by atoms with Crippen LogP contribution < -0.4 is 9.64 Å². The minimum atomic E-state index is -0.773. The molecule has 0 amide bonds. The van der Waals surface area contributed by atoms with Crippen LogP contribution in [-0.2, 0) is 0 Å². The summed E-state index contributed by atoms with van der Waals surface area (Å²) >= 11 is 0. The molecule has 0 aliphatic carbocycles. The number of hydrogen-bond acceptors (Lipinski definition) is 6. The van der Waals surface area contributed by atoms with Gasteiger partial charge in [0.2, 0.25) is 5.76 Å². The normalized spacial score (nSPS) is 10.3. The van der Waals surface area contributed by atoms with Gasteiger partial charge >= 0.3 is 11.9 Å². The molecule has 7 heteroatoms. The summed E-state index contributed by atoms with van der Waals surface area (Å²) in [5.74, 6) is -1.12. The highest BCUT2D eigenvalue weighted by molar-refractivity contribution is 5.88. The first-order chi connectivity index (χ1) is 10.5. The Morgan fingerprint density at radius 3 is 2.59 bits per heavy atom. The maximum absolute atomic E-state index is 11.9. The minimum Gasteiger partial charge on any atom is -0.421 e. The Kier molecular flexibility index (Phi) is 4.77. The summed E-state index contributed by atoms with van der Waals surface area (Å²) in [5, 5.41) is 10.5. The first-order valence-electron chi connectivity index (χ1n) is 6.86. The molecule has 1 heterocycles. The molecule has 1 aromatic heterocycles. The zero-order valence-corrected chi connectivity index (χ0v) is 12.3. The van der Waals surface area contributed by atoms with Crippen LogP contribution in [0.4, 0.5) is 11.6 Å². The molecule has 0 spiro atoms. The Morgan fingerprint density at radius 1 is 1.27 bits per heavy atom. The molecule has 0 aliphatic rings. The maximum atomic E-state index is 11.9.